The van der Waals surface area contributed by atoms with E-state index >= 15 is 0 Å². The average molecular weight is 453 g/mol. The topological polar surface area (TPSA) is 88.9 Å². The number of furan rings is 1. The number of methoxy groups -OCH3 is 1. The molecule has 1 N–H and O–H groups in total. The predicted molar refractivity (Wildman–Crippen MR) is 125 cm³/mol. The van der Waals surface area contributed by atoms with Gasteiger partial charge in [-0.2, -0.15) is 4.31 Å². The maximum atomic E-state index is 13.1. The number of carbonyl (C=O) groups excluding carboxylic acids is 1. The van der Waals surface area contributed by atoms with E-state index in [1.54, 1.807) is 32.0 Å². The van der Waals surface area contributed by atoms with Gasteiger partial charge in [0.25, 0.3) is 5.91 Å². The summed E-state index contributed by atoms with van der Waals surface area (Å²) in [5, 5.41) is 4.69. The van der Waals surface area contributed by atoms with Crippen LogP contribution < -0.4 is 10.1 Å². The van der Waals surface area contributed by atoms with Gasteiger partial charge in [-0.15, -0.1) is 0 Å². The smallest absolute Gasteiger partial charge is 0.255 e. The zero-order chi connectivity index (χ0) is 22.9. The standard InChI is InChI=1S/C24H24N2O5S/c1-4-26(5-2)32(28,29)23-14-16(10-12-22(23)30-3)24(27)25-17-11-13-21-19(15-17)18-8-6-7-9-20(18)31-21/h6-15H,4-5H2,1-3H3,(H,25,27). The molecule has 4 aromatic rings. The highest BCUT2D eigenvalue weighted by atomic mass is 32.2. The second-order valence-electron chi connectivity index (χ2n) is 7.22. The lowest BCUT2D eigenvalue weighted by atomic mass is 10.1. The Kier molecular flexibility index (Phi) is 5.90. The van der Waals surface area contributed by atoms with Gasteiger partial charge in [-0.25, -0.2) is 8.42 Å². The number of benzene rings is 3. The second kappa shape index (κ2) is 8.64. The molecule has 1 aromatic heterocycles. The van der Waals surface area contributed by atoms with Gasteiger partial charge in [0.1, 0.15) is 21.8 Å². The number of nitrogens with one attached hydrogen (secondary N) is 1. The summed E-state index contributed by atoms with van der Waals surface area (Å²) in [6.07, 6.45) is 0. The number of rotatable bonds is 7. The van der Waals surface area contributed by atoms with Crippen LogP contribution in [-0.2, 0) is 10.0 Å². The summed E-state index contributed by atoms with van der Waals surface area (Å²) in [6.45, 7) is 4.16. The summed E-state index contributed by atoms with van der Waals surface area (Å²) in [4.78, 5) is 12.9. The van der Waals surface area contributed by atoms with Gasteiger partial charge in [-0.3, -0.25) is 4.79 Å². The molecule has 8 heteroatoms. The van der Waals surface area contributed by atoms with E-state index in [1.165, 1.54) is 23.5 Å². The minimum Gasteiger partial charge on any atom is -0.495 e. The fraction of sp³-hybridized carbons (Fsp3) is 0.208. The van der Waals surface area contributed by atoms with Crippen molar-refractivity contribution in [2.24, 2.45) is 0 Å². The Hall–Kier alpha value is -3.36. The van der Waals surface area contributed by atoms with Crippen molar-refractivity contribution in [3.63, 3.8) is 0 Å². The summed E-state index contributed by atoms with van der Waals surface area (Å²) < 4.78 is 38.5. The molecule has 0 aliphatic rings. The van der Waals surface area contributed by atoms with Crippen molar-refractivity contribution in [3.05, 3.63) is 66.2 Å². The lowest BCUT2D eigenvalue weighted by molar-refractivity contribution is 0.102. The van der Waals surface area contributed by atoms with Crippen molar-refractivity contribution in [1.29, 1.82) is 0 Å². The van der Waals surface area contributed by atoms with Crippen LogP contribution in [0.2, 0.25) is 0 Å². The molecular weight excluding hydrogens is 428 g/mol. The zero-order valence-corrected chi connectivity index (χ0v) is 18.9. The van der Waals surface area contributed by atoms with Crippen LogP contribution in [0.15, 0.2) is 70.0 Å². The lowest BCUT2D eigenvalue weighted by Crippen LogP contribution is -2.31. The zero-order valence-electron chi connectivity index (χ0n) is 18.1. The van der Waals surface area contributed by atoms with E-state index in [4.69, 9.17) is 9.15 Å². The van der Waals surface area contributed by atoms with Crippen LogP contribution >= 0.6 is 0 Å². The molecule has 0 radical (unpaired) electrons. The molecule has 166 valence electrons. The van der Waals surface area contributed by atoms with Gasteiger partial charge in [0.2, 0.25) is 10.0 Å². The lowest BCUT2D eigenvalue weighted by Gasteiger charge is -2.20. The van der Waals surface area contributed by atoms with Crippen LogP contribution in [0.1, 0.15) is 24.2 Å². The molecule has 0 spiro atoms. The van der Waals surface area contributed by atoms with E-state index in [1.807, 2.05) is 30.3 Å². The fourth-order valence-corrected chi connectivity index (χ4v) is 5.37. The van der Waals surface area contributed by atoms with Gasteiger partial charge in [0.15, 0.2) is 0 Å². The first kappa shape index (κ1) is 21.9. The van der Waals surface area contributed by atoms with Gasteiger partial charge in [-0.1, -0.05) is 32.0 Å². The molecule has 0 saturated heterocycles. The maximum absolute atomic E-state index is 13.1. The molecule has 0 atom stereocenters. The van der Waals surface area contributed by atoms with E-state index in [0.717, 1.165) is 21.9 Å². The summed E-state index contributed by atoms with van der Waals surface area (Å²) in [7, 11) is -2.40. The van der Waals surface area contributed by atoms with Crippen molar-refractivity contribution >= 4 is 43.6 Å². The monoisotopic (exact) mass is 452 g/mol. The van der Waals surface area contributed by atoms with Crippen molar-refractivity contribution in [3.8, 4) is 5.75 Å². The van der Waals surface area contributed by atoms with Crippen LogP contribution in [0.3, 0.4) is 0 Å². The Morgan fingerprint density at radius 2 is 1.69 bits per heavy atom. The highest BCUT2D eigenvalue weighted by Crippen LogP contribution is 2.31. The number of ether oxygens (including phenoxy) is 1. The van der Waals surface area contributed by atoms with Crippen molar-refractivity contribution in [2.75, 3.05) is 25.5 Å². The molecule has 0 aliphatic carbocycles. The third-order valence-electron chi connectivity index (χ3n) is 5.38. The van der Waals surface area contributed by atoms with Crippen molar-refractivity contribution < 1.29 is 22.4 Å². The van der Waals surface area contributed by atoms with Gasteiger partial charge in [-0.05, 0) is 42.5 Å². The molecule has 32 heavy (non-hydrogen) atoms. The number of amides is 1. The SMILES string of the molecule is CCN(CC)S(=O)(=O)c1cc(C(=O)Nc2ccc3oc4ccccc4c3c2)ccc1OC. The van der Waals surface area contributed by atoms with Crippen molar-refractivity contribution in [2.45, 2.75) is 18.7 Å². The third-order valence-corrected chi connectivity index (χ3v) is 7.45. The minimum atomic E-state index is -3.80. The first-order valence-corrected chi connectivity index (χ1v) is 11.7. The van der Waals surface area contributed by atoms with E-state index in [2.05, 4.69) is 5.32 Å². The molecular formula is C24H24N2O5S. The predicted octanol–water partition coefficient (Wildman–Crippen LogP) is 4.88. The molecule has 0 aliphatic heterocycles. The molecule has 1 heterocycles. The first-order chi connectivity index (χ1) is 15.4. The van der Waals surface area contributed by atoms with Gasteiger partial charge in [0.05, 0.1) is 7.11 Å². The Balaban J connectivity index is 1.68. The van der Waals surface area contributed by atoms with Crippen molar-refractivity contribution in [1.82, 2.24) is 4.31 Å². The molecule has 3 aromatic carbocycles. The molecule has 0 fully saturated rings. The van der Waals surface area contributed by atoms with Crippen LogP contribution in [-0.4, -0.2) is 38.8 Å². The summed E-state index contributed by atoms with van der Waals surface area (Å²) >= 11 is 0. The highest BCUT2D eigenvalue weighted by molar-refractivity contribution is 7.89. The molecule has 4 rings (SSSR count). The normalized spacial score (nSPS) is 11.9. The maximum Gasteiger partial charge on any atom is 0.255 e. The van der Waals surface area contributed by atoms with Crippen LogP contribution in [0.4, 0.5) is 5.69 Å². The highest BCUT2D eigenvalue weighted by Gasteiger charge is 2.27. The third kappa shape index (κ3) is 3.83. The Bertz CT molecular complexity index is 1400. The number of hydrogen-bond donors (Lipinski definition) is 1. The number of carbonyl (C=O) groups is 1. The van der Waals surface area contributed by atoms with Crippen LogP contribution in [0, 0.1) is 0 Å². The Morgan fingerprint density at radius 3 is 2.41 bits per heavy atom. The van der Waals surface area contributed by atoms with Crippen LogP contribution in [0.5, 0.6) is 5.75 Å². The number of fused-ring (bicyclic) bond motifs is 3. The van der Waals surface area contributed by atoms with Gasteiger partial charge >= 0.3 is 0 Å². The number of nitrogens with zero attached hydrogens (tertiary/aromatic N) is 1. The molecule has 0 bridgehead atoms. The van der Waals surface area contributed by atoms with E-state index in [9.17, 15) is 13.2 Å². The number of hydrogen-bond acceptors (Lipinski definition) is 5. The Labute approximate surface area is 186 Å². The molecule has 1 amide bonds. The van der Waals surface area contributed by atoms with Gasteiger partial charge < -0.3 is 14.5 Å². The number of para-hydroxylation sites is 1. The molecule has 7 nitrogen and oxygen atoms in total. The fourth-order valence-electron chi connectivity index (χ4n) is 3.73. The average Bonchev–Trinajstić information content (AvgIpc) is 3.17. The summed E-state index contributed by atoms with van der Waals surface area (Å²) in [6, 6.07) is 17.5. The van der Waals surface area contributed by atoms with E-state index in [0.29, 0.717) is 18.8 Å². The molecule has 0 unspecified atom stereocenters. The second-order valence-corrected chi connectivity index (χ2v) is 9.12. The number of anilines is 1. The Morgan fingerprint density at radius 1 is 0.969 bits per heavy atom. The minimum absolute atomic E-state index is 0.0346. The summed E-state index contributed by atoms with van der Waals surface area (Å²) in [5.74, 6) is -0.226. The van der Waals surface area contributed by atoms with Crippen LogP contribution in [0.25, 0.3) is 21.9 Å². The largest absolute Gasteiger partial charge is 0.495 e. The molecule has 0 saturated carbocycles. The van der Waals surface area contributed by atoms with E-state index < -0.39 is 15.9 Å². The first-order valence-electron chi connectivity index (χ1n) is 10.3. The van der Waals surface area contributed by atoms with E-state index in [-0.39, 0.29) is 16.2 Å². The quantitative estimate of drug-likeness (QED) is 0.432. The van der Waals surface area contributed by atoms with Gasteiger partial charge in [0, 0.05) is 35.1 Å². The number of sulfonamides is 1. The summed E-state index contributed by atoms with van der Waals surface area (Å²) in [5.41, 5.74) is 2.29.